The third kappa shape index (κ3) is 2.06. The minimum absolute atomic E-state index is 0.0499. The molecule has 2 N–H and O–H groups in total. The van der Waals surface area contributed by atoms with Gasteiger partial charge in [-0.2, -0.15) is 0 Å². The summed E-state index contributed by atoms with van der Waals surface area (Å²) in [5, 5.41) is 18.6. The SMILES string of the molecule is OCCC(O)c1cccc2c1OCCO2. The first-order valence-electron chi connectivity index (χ1n) is 5.00. The van der Waals surface area contributed by atoms with Gasteiger partial charge in [-0.05, 0) is 6.07 Å². The lowest BCUT2D eigenvalue weighted by molar-refractivity contribution is 0.121. The van der Waals surface area contributed by atoms with Gasteiger partial charge < -0.3 is 19.7 Å². The number of fused-ring (bicyclic) bond motifs is 1. The van der Waals surface area contributed by atoms with Crippen LogP contribution in [0.3, 0.4) is 0 Å². The topological polar surface area (TPSA) is 58.9 Å². The van der Waals surface area contributed by atoms with Crippen molar-refractivity contribution in [2.75, 3.05) is 19.8 Å². The van der Waals surface area contributed by atoms with Gasteiger partial charge in [0.05, 0.1) is 6.10 Å². The molecular formula is C11H14O4. The maximum Gasteiger partial charge on any atom is 0.167 e. The van der Waals surface area contributed by atoms with Crippen molar-refractivity contribution in [3.63, 3.8) is 0 Å². The fourth-order valence-electron chi connectivity index (χ4n) is 1.64. The van der Waals surface area contributed by atoms with Crippen LogP contribution in [0, 0.1) is 0 Å². The summed E-state index contributed by atoms with van der Waals surface area (Å²) in [6.45, 7) is 0.980. The number of para-hydroxylation sites is 1. The van der Waals surface area contributed by atoms with Crippen LogP contribution in [0.15, 0.2) is 18.2 Å². The minimum atomic E-state index is -0.702. The molecule has 0 amide bonds. The molecule has 2 rings (SSSR count). The Morgan fingerprint density at radius 1 is 1.27 bits per heavy atom. The van der Waals surface area contributed by atoms with Crippen LogP contribution >= 0.6 is 0 Å². The van der Waals surface area contributed by atoms with Crippen LogP contribution in [0.25, 0.3) is 0 Å². The van der Waals surface area contributed by atoms with Gasteiger partial charge in [-0.15, -0.1) is 0 Å². The van der Waals surface area contributed by atoms with Crippen LogP contribution in [0.4, 0.5) is 0 Å². The lowest BCUT2D eigenvalue weighted by Gasteiger charge is -2.22. The summed E-state index contributed by atoms with van der Waals surface area (Å²) in [5.74, 6) is 1.26. The zero-order chi connectivity index (χ0) is 10.7. The standard InChI is InChI=1S/C11H14O4/c12-5-4-9(13)8-2-1-3-10-11(8)15-7-6-14-10/h1-3,9,12-13H,4-7H2. The molecule has 0 saturated heterocycles. The highest BCUT2D eigenvalue weighted by Crippen LogP contribution is 2.37. The Balaban J connectivity index is 2.30. The van der Waals surface area contributed by atoms with Crippen molar-refractivity contribution in [2.24, 2.45) is 0 Å². The molecular weight excluding hydrogens is 196 g/mol. The highest BCUT2D eigenvalue weighted by molar-refractivity contribution is 5.48. The number of ether oxygens (including phenoxy) is 2. The Labute approximate surface area is 88.1 Å². The number of aliphatic hydroxyl groups is 2. The number of benzene rings is 1. The van der Waals surface area contributed by atoms with Crippen molar-refractivity contribution >= 4 is 0 Å². The van der Waals surface area contributed by atoms with E-state index in [0.717, 1.165) is 0 Å². The second-order valence-electron chi connectivity index (χ2n) is 3.40. The lowest BCUT2D eigenvalue weighted by atomic mass is 10.0. The van der Waals surface area contributed by atoms with Crippen LogP contribution in [0.2, 0.25) is 0 Å². The molecule has 1 aromatic rings. The molecule has 0 aromatic heterocycles. The van der Waals surface area contributed by atoms with E-state index >= 15 is 0 Å². The minimum Gasteiger partial charge on any atom is -0.486 e. The third-order valence-corrected chi connectivity index (χ3v) is 2.36. The van der Waals surface area contributed by atoms with Gasteiger partial charge in [-0.3, -0.25) is 0 Å². The first-order valence-corrected chi connectivity index (χ1v) is 5.00. The molecule has 15 heavy (non-hydrogen) atoms. The zero-order valence-corrected chi connectivity index (χ0v) is 8.35. The summed E-state index contributed by atoms with van der Waals surface area (Å²) < 4.78 is 10.8. The van der Waals surface area contributed by atoms with E-state index in [1.807, 2.05) is 12.1 Å². The van der Waals surface area contributed by atoms with Gasteiger partial charge in [0.25, 0.3) is 0 Å². The summed E-state index contributed by atoms with van der Waals surface area (Å²) in [6, 6.07) is 5.40. The monoisotopic (exact) mass is 210 g/mol. The number of rotatable bonds is 3. The van der Waals surface area contributed by atoms with Gasteiger partial charge in [0.2, 0.25) is 0 Å². The van der Waals surface area contributed by atoms with E-state index in [4.69, 9.17) is 14.6 Å². The fourth-order valence-corrected chi connectivity index (χ4v) is 1.64. The first kappa shape index (κ1) is 10.3. The van der Waals surface area contributed by atoms with E-state index in [0.29, 0.717) is 36.7 Å². The Morgan fingerprint density at radius 2 is 2.07 bits per heavy atom. The molecule has 1 aromatic carbocycles. The van der Waals surface area contributed by atoms with Gasteiger partial charge in [-0.25, -0.2) is 0 Å². The normalized spacial score (nSPS) is 16.1. The van der Waals surface area contributed by atoms with E-state index in [1.165, 1.54) is 0 Å². The van der Waals surface area contributed by atoms with Gasteiger partial charge in [0.1, 0.15) is 13.2 Å². The Bertz CT molecular complexity index is 337. The van der Waals surface area contributed by atoms with Crippen LogP contribution in [-0.4, -0.2) is 30.0 Å². The van der Waals surface area contributed by atoms with Gasteiger partial charge in [0, 0.05) is 18.6 Å². The van der Waals surface area contributed by atoms with E-state index < -0.39 is 6.10 Å². The van der Waals surface area contributed by atoms with E-state index in [1.54, 1.807) is 6.07 Å². The molecule has 1 heterocycles. The second-order valence-corrected chi connectivity index (χ2v) is 3.40. The molecule has 1 aliphatic rings. The molecule has 0 fully saturated rings. The fraction of sp³-hybridized carbons (Fsp3) is 0.455. The van der Waals surface area contributed by atoms with Crippen molar-refractivity contribution in [3.05, 3.63) is 23.8 Å². The quantitative estimate of drug-likeness (QED) is 0.777. The molecule has 1 atom stereocenters. The molecule has 4 heteroatoms. The highest BCUT2D eigenvalue weighted by atomic mass is 16.6. The summed E-state index contributed by atoms with van der Waals surface area (Å²) in [6.07, 6.45) is -0.397. The molecule has 82 valence electrons. The average Bonchev–Trinajstić information content (AvgIpc) is 2.28. The second kappa shape index (κ2) is 4.51. The Morgan fingerprint density at radius 3 is 2.87 bits per heavy atom. The molecule has 1 unspecified atom stereocenters. The lowest BCUT2D eigenvalue weighted by Crippen LogP contribution is -2.17. The predicted molar refractivity (Wildman–Crippen MR) is 54.1 cm³/mol. The van der Waals surface area contributed by atoms with Gasteiger partial charge >= 0.3 is 0 Å². The van der Waals surface area contributed by atoms with Crippen LogP contribution in [-0.2, 0) is 0 Å². The molecule has 0 bridgehead atoms. The van der Waals surface area contributed by atoms with Crippen molar-refractivity contribution in [1.29, 1.82) is 0 Å². The van der Waals surface area contributed by atoms with Crippen molar-refractivity contribution in [1.82, 2.24) is 0 Å². The third-order valence-electron chi connectivity index (χ3n) is 2.36. The van der Waals surface area contributed by atoms with Gasteiger partial charge in [0.15, 0.2) is 11.5 Å². The maximum atomic E-state index is 9.78. The van der Waals surface area contributed by atoms with Crippen LogP contribution in [0.1, 0.15) is 18.1 Å². The summed E-state index contributed by atoms with van der Waals surface area (Å²) in [4.78, 5) is 0. The van der Waals surface area contributed by atoms with Crippen molar-refractivity contribution in [3.8, 4) is 11.5 Å². The summed E-state index contributed by atoms with van der Waals surface area (Å²) in [5.41, 5.74) is 0.682. The zero-order valence-electron chi connectivity index (χ0n) is 8.35. The molecule has 0 saturated carbocycles. The van der Waals surface area contributed by atoms with Crippen LogP contribution < -0.4 is 9.47 Å². The van der Waals surface area contributed by atoms with Crippen LogP contribution in [0.5, 0.6) is 11.5 Å². The molecule has 4 nitrogen and oxygen atoms in total. The largest absolute Gasteiger partial charge is 0.486 e. The highest BCUT2D eigenvalue weighted by Gasteiger charge is 2.19. The molecule has 1 aliphatic heterocycles. The molecule has 0 spiro atoms. The van der Waals surface area contributed by atoms with Gasteiger partial charge in [-0.1, -0.05) is 12.1 Å². The molecule has 0 aliphatic carbocycles. The average molecular weight is 210 g/mol. The molecule has 0 radical (unpaired) electrons. The van der Waals surface area contributed by atoms with Crippen molar-refractivity contribution in [2.45, 2.75) is 12.5 Å². The van der Waals surface area contributed by atoms with E-state index in [9.17, 15) is 5.11 Å². The Kier molecular flexibility index (Phi) is 3.08. The number of hydrogen-bond donors (Lipinski definition) is 2. The number of hydrogen-bond acceptors (Lipinski definition) is 4. The smallest absolute Gasteiger partial charge is 0.167 e. The summed E-state index contributed by atoms with van der Waals surface area (Å²) in [7, 11) is 0. The van der Waals surface area contributed by atoms with Crippen molar-refractivity contribution < 1.29 is 19.7 Å². The van der Waals surface area contributed by atoms with E-state index in [2.05, 4.69) is 0 Å². The number of aliphatic hydroxyl groups excluding tert-OH is 2. The maximum absolute atomic E-state index is 9.78. The summed E-state index contributed by atoms with van der Waals surface area (Å²) >= 11 is 0. The predicted octanol–water partition coefficient (Wildman–Crippen LogP) is 0.874. The Hall–Kier alpha value is -1.26. The first-order chi connectivity index (χ1) is 7.33. The van der Waals surface area contributed by atoms with E-state index in [-0.39, 0.29) is 6.61 Å².